The van der Waals surface area contributed by atoms with E-state index in [0.717, 1.165) is 4.57 Å². The highest BCUT2D eigenvalue weighted by molar-refractivity contribution is 6.05. The normalized spacial score (nSPS) is 17.8. The van der Waals surface area contributed by atoms with Gasteiger partial charge < -0.3 is 15.2 Å². The zero-order valence-corrected chi connectivity index (χ0v) is 18.6. The summed E-state index contributed by atoms with van der Waals surface area (Å²) in [6, 6.07) is -6.99. The van der Waals surface area contributed by atoms with Crippen molar-refractivity contribution in [2.75, 3.05) is 10.6 Å². The van der Waals surface area contributed by atoms with Crippen molar-refractivity contribution in [1.82, 2.24) is 24.5 Å². The van der Waals surface area contributed by atoms with E-state index in [4.69, 9.17) is 23.3 Å². The summed E-state index contributed by atoms with van der Waals surface area (Å²) >= 11 is 0. The van der Waals surface area contributed by atoms with Gasteiger partial charge in [0.2, 0.25) is 5.95 Å². The van der Waals surface area contributed by atoms with E-state index < -0.39 is 132 Å². The molecule has 0 aliphatic carbocycles. The number of rotatable bonds is 6. The number of aromatic nitrogens is 5. The number of nitrogens with one attached hydrogen (secondary N) is 2. The average Bonchev–Trinajstić information content (AvgIpc) is 3.31. The van der Waals surface area contributed by atoms with Crippen molar-refractivity contribution in [3.63, 3.8) is 0 Å². The third-order valence-electron chi connectivity index (χ3n) is 4.45. The summed E-state index contributed by atoms with van der Waals surface area (Å²) in [4.78, 5) is 29.0. The fourth-order valence-electron chi connectivity index (χ4n) is 2.90. The molecule has 0 spiro atoms. The van der Waals surface area contributed by atoms with Crippen molar-refractivity contribution in [3.8, 4) is 16.9 Å². The van der Waals surface area contributed by atoms with E-state index in [-0.39, 0.29) is 23.1 Å². The van der Waals surface area contributed by atoms with Gasteiger partial charge in [0.25, 0.3) is 5.91 Å². The van der Waals surface area contributed by atoms with Gasteiger partial charge in [-0.25, -0.2) is 15.0 Å². The molecule has 5 aromatic rings. The van der Waals surface area contributed by atoms with Gasteiger partial charge in [0.05, 0.1) is 35.5 Å². The largest absolute Gasteiger partial charge is 0.324 e. The van der Waals surface area contributed by atoms with Crippen molar-refractivity contribution < 1.29 is 28.1 Å². The molecule has 0 fully saturated rings. The molecule has 0 aliphatic heterocycles. The molecule has 2 aromatic carbocycles. The molecule has 0 unspecified atom stereocenters. The number of pyridine rings is 1. The second-order valence-electron chi connectivity index (χ2n) is 7.14. The van der Waals surface area contributed by atoms with Gasteiger partial charge in [0.15, 0.2) is 0 Å². The van der Waals surface area contributed by atoms with Crippen LogP contribution in [0.5, 0.6) is 0 Å². The second-order valence-corrected chi connectivity index (χ2v) is 7.14. The van der Waals surface area contributed by atoms with Crippen LogP contribution >= 0.6 is 0 Å². The zero-order valence-electron chi connectivity index (χ0n) is 35.6. The highest BCUT2D eigenvalue weighted by Crippen LogP contribution is 2.24. The minimum atomic E-state index is -3.22. The average molecular weight is 493 g/mol. The first-order chi connectivity index (χ1) is 24.5. The van der Waals surface area contributed by atoms with E-state index >= 15 is 0 Å². The van der Waals surface area contributed by atoms with E-state index in [9.17, 15) is 4.79 Å². The Labute approximate surface area is 233 Å². The van der Waals surface area contributed by atoms with Gasteiger partial charge in [-0.1, -0.05) is 6.04 Å². The van der Waals surface area contributed by atoms with Crippen LogP contribution in [0.4, 0.5) is 17.3 Å². The fourth-order valence-corrected chi connectivity index (χ4v) is 2.90. The third-order valence-corrected chi connectivity index (χ3v) is 4.45. The van der Waals surface area contributed by atoms with Crippen LogP contribution in [0.1, 0.15) is 50.5 Å². The van der Waals surface area contributed by atoms with Crippen LogP contribution in [0.3, 0.4) is 0 Å². The Hall–Kier alpha value is -4.85. The number of benzene rings is 2. The van der Waals surface area contributed by atoms with Crippen molar-refractivity contribution in [2.45, 2.75) is 20.7 Å². The summed E-state index contributed by atoms with van der Waals surface area (Å²) in [6.45, 7) is -0.482. The molecular formula is C28H25N7O. The Morgan fingerprint density at radius 1 is 1.06 bits per heavy atom. The summed E-state index contributed by atoms with van der Waals surface area (Å²) in [6.07, 6.45) is -3.15. The van der Waals surface area contributed by atoms with E-state index in [1.807, 2.05) is 0 Å². The quantitative estimate of drug-likeness (QED) is 0.318. The predicted molar refractivity (Wildman–Crippen MR) is 141 cm³/mol. The summed E-state index contributed by atoms with van der Waals surface area (Å²) in [5.74, 6) is -2.09. The lowest BCUT2D eigenvalue weighted by molar-refractivity contribution is 0.102. The molecule has 3 aromatic heterocycles. The van der Waals surface area contributed by atoms with Crippen LogP contribution in [-0.4, -0.2) is 30.4 Å². The fraction of sp³-hybridized carbons (Fsp3) is 0.107. The Bertz CT molecular complexity index is 2390. The number of anilines is 3. The van der Waals surface area contributed by atoms with Gasteiger partial charge in [-0.3, -0.25) is 9.78 Å². The van der Waals surface area contributed by atoms with E-state index in [1.165, 1.54) is 13.8 Å². The maximum absolute atomic E-state index is 13.9. The molecule has 0 saturated heterocycles. The van der Waals surface area contributed by atoms with Crippen LogP contribution < -0.4 is 10.6 Å². The molecule has 0 aliphatic rings. The number of carbonyl (C=O) groups is 1. The molecule has 2 N–H and O–H groups in total. The molecule has 0 radical (unpaired) electrons. The van der Waals surface area contributed by atoms with Crippen molar-refractivity contribution in [1.29, 1.82) is 0 Å². The Balaban J connectivity index is 1.70. The maximum atomic E-state index is 13.9. The molecule has 8 nitrogen and oxygen atoms in total. The van der Waals surface area contributed by atoms with Gasteiger partial charge in [-0.15, -0.1) is 0 Å². The monoisotopic (exact) mass is 492 g/mol. The number of amides is 1. The standard InChI is InChI=1S/C28H25N7O/c1-18-11-23(14-24(12-18)35-16-20(3)31-17-35)32-27(36)21-7-6-19(2)26(13-21)34-28-30-10-8-25(33-28)22-5-4-9-29-15-22/h4-17H,1-3H3,(H,32,36)(H,30,33,34)/i2D3,4D,5D,6D,7D,8D,9D,10D,11D,12D,13D,14D,15D,16D,17D. The van der Waals surface area contributed by atoms with Crippen LogP contribution in [0, 0.1) is 20.7 Å². The topological polar surface area (TPSA) is 97.6 Å². The first kappa shape index (κ1) is 10.4. The van der Waals surface area contributed by atoms with Gasteiger partial charge in [0.1, 0.15) is 1.37 Å². The Kier molecular flexibility index (Phi) is 2.83. The highest BCUT2D eigenvalue weighted by atomic mass is 16.1. The second kappa shape index (κ2) is 9.79. The smallest absolute Gasteiger partial charge is 0.255 e. The van der Waals surface area contributed by atoms with Gasteiger partial charge in [0, 0.05) is 57.0 Å². The zero-order chi connectivity index (χ0) is 39.8. The summed E-state index contributed by atoms with van der Waals surface area (Å²) in [5.41, 5.74) is -4.78. The number of hydrogen-bond acceptors (Lipinski definition) is 6. The lowest BCUT2D eigenvalue weighted by Crippen LogP contribution is -2.13. The third kappa shape index (κ3) is 5.12. The molecule has 0 atom stereocenters. The molecule has 36 heavy (non-hydrogen) atoms. The molecule has 178 valence electrons. The maximum Gasteiger partial charge on any atom is 0.255 e. The highest BCUT2D eigenvalue weighted by Gasteiger charge is 2.12. The Morgan fingerprint density at radius 2 is 1.97 bits per heavy atom. The first-order valence-corrected chi connectivity index (χ1v) is 10.2. The van der Waals surface area contributed by atoms with E-state index in [1.54, 1.807) is 0 Å². The molecule has 8 heteroatoms. The minimum absolute atomic E-state index is 0.0938. The predicted octanol–water partition coefficient (Wildman–Crippen LogP) is 5.65. The number of nitrogens with zero attached hydrogens (tertiary/aromatic N) is 5. The summed E-state index contributed by atoms with van der Waals surface area (Å²) in [7, 11) is 0. The molecule has 0 bridgehead atoms. The molecule has 1 amide bonds. The van der Waals surface area contributed by atoms with Crippen LogP contribution in [0.15, 0.2) is 85.4 Å². The lowest BCUT2D eigenvalue weighted by Gasteiger charge is -2.13. The summed E-state index contributed by atoms with van der Waals surface area (Å²) in [5, 5.41) is 4.60. The molecule has 5 rings (SSSR count). The number of imidazole rings is 1. The van der Waals surface area contributed by atoms with Gasteiger partial charge in [-0.2, -0.15) is 0 Å². The number of aryl methyl sites for hydroxylation is 1. The molecular weight excluding hydrogens is 450 g/mol. The number of carbonyl (C=O) groups excluding carboxylic acids is 1. The van der Waals surface area contributed by atoms with E-state index in [2.05, 4.69) is 30.6 Å². The number of hydrogen-bond donors (Lipinski definition) is 2. The SMILES string of the molecule is [2H]c1nc(Nc2c([2H])c(C(=O)Nc3c([2H])c(C)c([2H])c(-n4c([2H])nc(C)c4[2H])c3[2H])c([2H])c([2H])c2C([2H])([2H])[2H])nc(-c2c([2H])nc([2H])c([2H])c2[2H])c1[2H]. The van der Waals surface area contributed by atoms with Crippen molar-refractivity contribution in [2.24, 2.45) is 0 Å². The Morgan fingerprint density at radius 3 is 2.81 bits per heavy atom. The lowest BCUT2D eigenvalue weighted by atomic mass is 10.1. The van der Waals surface area contributed by atoms with Crippen LogP contribution in [0.25, 0.3) is 16.9 Å². The van der Waals surface area contributed by atoms with Gasteiger partial charge in [-0.05, 0) is 80.2 Å². The summed E-state index contributed by atoms with van der Waals surface area (Å²) < 4.78 is 142. The minimum Gasteiger partial charge on any atom is -0.324 e. The van der Waals surface area contributed by atoms with Crippen molar-refractivity contribution >= 4 is 23.2 Å². The van der Waals surface area contributed by atoms with E-state index in [0.29, 0.717) is 0 Å². The molecule has 0 saturated carbocycles. The van der Waals surface area contributed by atoms with Gasteiger partial charge >= 0.3 is 0 Å². The first-order valence-electron chi connectivity index (χ1n) is 18.7. The molecule has 3 heterocycles. The van der Waals surface area contributed by atoms with Crippen LogP contribution in [0.2, 0.25) is 0 Å². The van der Waals surface area contributed by atoms with Crippen LogP contribution in [-0.2, 0) is 0 Å². The van der Waals surface area contributed by atoms with Crippen molar-refractivity contribution in [3.05, 3.63) is 108 Å².